The lowest BCUT2D eigenvalue weighted by Gasteiger charge is -2.16. The normalized spacial score (nSPS) is 10.6. The van der Waals surface area contributed by atoms with E-state index in [0.717, 1.165) is 14.9 Å². The van der Waals surface area contributed by atoms with Crippen LogP contribution in [0.25, 0.3) is 10.6 Å². The highest BCUT2D eigenvalue weighted by atomic mass is 79.9. The fourth-order valence-electron chi connectivity index (χ4n) is 2.06. The lowest BCUT2D eigenvalue weighted by atomic mass is 10.2. The maximum absolute atomic E-state index is 12.4. The first-order valence-electron chi connectivity index (χ1n) is 6.64. The van der Waals surface area contributed by atoms with Crippen LogP contribution in [-0.4, -0.2) is 23.0 Å². The summed E-state index contributed by atoms with van der Waals surface area (Å²) in [6.45, 7) is 0.501. The Labute approximate surface area is 140 Å². The van der Waals surface area contributed by atoms with Gasteiger partial charge in [0, 0.05) is 24.1 Å². The van der Waals surface area contributed by atoms with Gasteiger partial charge in [-0.05, 0) is 23.1 Å². The van der Waals surface area contributed by atoms with Crippen molar-refractivity contribution in [2.45, 2.75) is 6.54 Å². The zero-order chi connectivity index (χ0) is 15.5. The van der Waals surface area contributed by atoms with Gasteiger partial charge < -0.3 is 9.42 Å². The number of rotatable bonds is 4. The molecule has 0 unspecified atom stereocenters. The van der Waals surface area contributed by atoms with Crippen molar-refractivity contribution in [3.63, 3.8) is 0 Å². The Hall–Kier alpha value is -1.92. The minimum atomic E-state index is -0.165. The Balaban J connectivity index is 1.75. The summed E-state index contributed by atoms with van der Waals surface area (Å²) in [4.78, 5) is 15.0. The second-order valence-electron chi connectivity index (χ2n) is 4.81. The molecule has 0 atom stereocenters. The number of aromatic nitrogens is 1. The summed E-state index contributed by atoms with van der Waals surface area (Å²) in [5.74, 6) is 0.454. The van der Waals surface area contributed by atoms with Crippen molar-refractivity contribution in [3.8, 4) is 10.6 Å². The largest absolute Gasteiger partial charge is 0.355 e. The third-order valence-corrected chi connectivity index (χ3v) is 4.86. The predicted molar refractivity (Wildman–Crippen MR) is 89.8 cm³/mol. The van der Waals surface area contributed by atoms with E-state index in [2.05, 4.69) is 21.1 Å². The summed E-state index contributed by atoms with van der Waals surface area (Å²) in [6.07, 6.45) is 0. The lowest BCUT2D eigenvalue weighted by molar-refractivity contribution is 0.0774. The first-order chi connectivity index (χ1) is 10.6. The van der Waals surface area contributed by atoms with Crippen LogP contribution in [0, 0.1) is 0 Å². The van der Waals surface area contributed by atoms with Crippen LogP contribution in [-0.2, 0) is 6.54 Å². The molecule has 22 heavy (non-hydrogen) atoms. The molecule has 3 rings (SSSR count). The van der Waals surface area contributed by atoms with E-state index in [9.17, 15) is 4.79 Å². The van der Waals surface area contributed by atoms with Crippen molar-refractivity contribution in [2.75, 3.05) is 7.05 Å². The molecule has 0 aliphatic rings. The van der Waals surface area contributed by atoms with Gasteiger partial charge in [-0.25, -0.2) is 0 Å². The highest BCUT2D eigenvalue weighted by molar-refractivity contribution is 9.10. The average molecular weight is 377 g/mol. The molecular formula is C16H13BrN2O2S. The minimum absolute atomic E-state index is 0.165. The van der Waals surface area contributed by atoms with Gasteiger partial charge in [-0.2, -0.15) is 0 Å². The number of amides is 1. The van der Waals surface area contributed by atoms with Crippen molar-refractivity contribution in [3.05, 3.63) is 63.6 Å². The van der Waals surface area contributed by atoms with Crippen LogP contribution in [0.1, 0.15) is 16.1 Å². The summed E-state index contributed by atoms with van der Waals surface area (Å²) in [7, 11) is 1.75. The predicted octanol–water partition coefficient (Wildman–Crippen LogP) is 4.44. The van der Waals surface area contributed by atoms with Crippen LogP contribution in [0.5, 0.6) is 0 Å². The van der Waals surface area contributed by atoms with Crippen molar-refractivity contribution < 1.29 is 9.32 Å². The van der Waals surface area contributed by atoms with E-state index < -0.39 is 0 Å². The van der Waals surface area contributed by atoms with E-state index in [1.54, 1.807) is 29.4 Å². The lowest BCUT2D eigenvalue weighted by Crippen LogP contribution is -2.26. The number of halogens is 1. The van der Waals surface area contributed by atoms with Gasteiger partial charge in [-0.15, -0.1) is 11.3 Å². The van der Waals surface area contributed by atoms with Crippen molar-refractivity contribution in [2.24, 2.45) is 0 Å². The highest BCUT2D eigenvalue weighted by Crippen LogP contribution is 2.25. The van der Waals surface area contributed by atoms with Crippen LogP contribution in [0.4, 0.5) is 0 Å². The zero-order valence-corrected chi connectivity index (χ0v) is 14.2. The number of carbonyl (C=O) groups excluding carboxylic acids is 1. The number of benzene rings is 1. The summed E-state index contributed by atoms with van der Waals surface area (Å²) < 4.78 is 6.24. The summed E-state index contributed by atoms with van der Waals surface area (Å²) in [6, 6.07) is 13.4. The van der Waals surface area contributed by atoms with Crippen LogP contribution in [0.3, 0.4) is 0 Å². The summed E-state index contributed by atoms with van der Waals surface area (Å²) in [5, 5.41) is 5.84. The quantitative estimate of drug-likeness (QED) is 0.676. The van der Waals surface area contributed by atoms with Crippen molar-refractivity contribution in [1.82, 2.24) is 10.1 Å². The molecule has 4 nitrogen and oxygen atoms in total. The molecule has 3 aromatic rings. The molecular weight excluding hydrogens is 364 g/mol. The maximum Gasteiger partial charge on any atom is 0.276 e. The number of thiophene rings is 1. The third kappa shape index (κ3) is 3.13. The maximum atomic E-state index is 12.4. The molecule has 0 saturated heterocycles. The Morgan fingerprint density at radius 3 is 2.86 bits per heavy atom. The molecule has 0 aliphatic carbocycles. The monoisotopic (exact) mass is 376 g/mol. The number of hydrogen-bond donors (Lipinski definition) is 0. The van der Waals surface area contributed by atoms with Crippen LogP contribution < -0.4 is 0 Å². The molecule has 0 saturated carbocycles. The Morgan fingerprint density at radius 2 is 2.14 bits per heavy atom. The fourth-order valence-corrected chi connectivity index (χ4v) is 3.14. The van der Waals surface area contributed by atoms with Gasteiger partial charge in [0.05, 0.1) is 4.88 Å². The van der Waals surface area contributed by atoms with Gasteiger partial charge >= 0.3 is 0 Å². The molecule has 1 aromatic carbocycles. The molecule has 112 valence electrons. The Bertz CT molecular complexity index is 783. The fraction of sp³-hybridized carbons (Fsp3) is 0.125. The molecule has 0 spiro atoms. The van der Waals surface area contributed by atoms with E-state index in [4.69, 9.17) is 4.52 Å². The molecule has 0 N–H and O–H groups in total. The second-order valence-corrected chi connectivity index (χ2v) is 6.61. The smallest absolute Gasteiger partial charge is 0.276 e. The standard InChI is InChI=1S/C16H13BrN2O2S/c1-19(10-11-5-2-3-6-12(11)17)16(20)13-9-14(21-18-13)15-7-4-8-22-15/h2-9H,10H2,1H3. The van der Waals surface area contributed by atoms with E-state index in [0.29, 0.717) is 18.0 Å². The van der Waals surface area contributed by atoms with Gasteiger partial charge in [0.1, 0.15) is 0 Å². The van der Waals surface area contributed by atoms with Gasteiger partial charge in [0.2, 0.25) is 0 Å². The molecule has 2 aromatic heterocycles. The Kier molecular flexibility index (Phi) is 4.40. The zero-order valence-electron chi connectivity index (χ0n) is 11.8. The number of nitrogens with zero attached hydrogens (tertiary/aromatic N) is 2. The van der Waals surface area contributed by atoms with E-state index >= 15 is 0 Å². The summed E-state index contributed by atoms with van der Waals surface area (Å²) >= 11 is 5.04. The van der Waals surface area contributed by atoms with Crippen molar-refractivity contribution >= 4 is 33.2 Å². The summed E-state index contributed by atoms with van der Waals surface area (Å²) in [5.41, 5.74) is 1.36. The van der Waals surface area contributed by atoms with E-state index in [1.807, 2.05) is 41.8 Å². The van der Waals surface area contributed by atoms with Gasteiger partial charge in [0.15, 0.2) is 11.5 Å². The topological polar surface area (TPSA) is 46.3 Å². The van der Waals surface area contributed by atoms with Crippen LogP contribution in [0.15, 0.2) is 56.8 Å². The molecule has 0 fully saturated rings. The molecule has 0 radical (unpaired) electrons. The molecule has 0 bridgehead atoms. The second kappa shape index (κ2) is 6.46. The van der Waals surface area contributed by atoms with Crippen molar-refractivity contribution in [1.29, 1.82) is 0 Å². The SMILES string of the molecule is CN(Cc1ccccc1Br)C(=O)c1cc(-c2cccs2)on1. The third-order valence-electron chi connectivity index (χ3n) is 3.21. The number of carbonyl (C=O) groups is 1. The molecule has 2 heterocycles. The van der Waals surface area contributed by atoms with E-state index in [1.165, 1.54) is 0 Å². The van der Waals surface area contributed by atoms with Gasteiger partial charge in [-0.3, -0.25) is 4.79 Å². The molecule has 0 aliphatic heterocycles. The van der Waals surface area contributed by atoms with Gasteiger partial charge in [-0.1, -0.05) is 45.4 Å². The molecule has 1 amide bonds. The van der Waals surface area contributed by atoms with Crippen LogP contribution in [0.2, 0.25) is 0 Å². The number of hydrogen-bond acceptors (Lipinski definition) is 4. The van der Waals surface area contributed by atoms with E-state index in [-0.39, 0.29) is 5.91 Å². The highest BCUT2D eigenvalue weighted by Gasteiger charge is 2.18. The first-order valence-corrected chi connectivity index (χ1v) is 8.32. The molecule has 6 heteroatoms. The Morgan fingerprint density at radius 1 is 1.32 bits per heavy atom. The average Bonchev–Trinajstić information content (AvgIpc) is 3.19. The van der Waals surface area contributed by atoms with Crippen LogP contribution >= 0.6 is 27.3 Å². The van der Waals surface area contributed by atoms with Gasteiger partial charge in [0.25, 0.3) is 5.91 Å². The first kappa shape index (κ1) is 15.0. The minimum Gasteiger partial charge on any atom is -0.355 e.